The van der Waals surface area contributed by atoms with E-state index in [2.05, 4.69) is 15.0 Å². The maximum atomic E-state index is 12.0. The summed E-state index contributed by atoms with van der Waals surface area (Å²) in [6, 6.07) is 7.72. The van der Waals surface area contributed by atoms with Crippen molar-refractivity contribution < 1.29 is 9.29 Å². The van der Waals surface area contributed by atoms with E-state index in [4.69, 9.17) is 10.5 Å². The third-order valence-corrected chi connectivity index (χ3v) is 4.26. The third kappa shape index (κ3) is 5.38. The molecule has 1 heterocycles. The van der Waals surface area contributed by atoms with Gasteiger partial charge in [0.25, 0.3) is 5.85 Å². The Morgan fingerprint density at radius 1 is 1.57 bits per heavy atom. The van der Waals surface area contributed by atoms with Gasteiger partial charge in [0.15, 0.2) is 11.5 Å². The maximum Gasteiger partial charge on any atom is 0.274 e. The molecule has 1 aromatic carbocycles. The highest BCUT2D eigenvalue weighted by Gasteiger charge is 2.47. The van der Waals surface area contributed by atoms with Crippen LogP contribution in [0.3, 0.4) is 0 Å². The molecule has 0 spiro atoms. The minimum absolute atomic E-state index is 0.242. The summed E-state index contributed by atoms with van der Waals surface area (Å²) in [7, 11) is 4.01. The van der Waals surface area contributed by atoms with Gasteiger partial charge in [-0.1, -0.05) is 29.9 Å². The highest BCUT2D eigenvalue weighted by molar-refractivity contribution is 7.87. The van der Waals surface area contributed by atoms with Gasteiger partial charge in [-0.3, -0.25) is 11.2 Å². The molecule has 23 heavy (non-hydrogen) atoms. The van der Waals surface area contributed by atoms with E-state index in [0.717, 1.165) is 18.5 Å². The second-order valence-electron chi connectivity index (χ2n) is 5.70. The molecule has 128 valence electrons. The number of benzene rings is 1. The second-order valence-corrected chi connectivity index (χ2v) is 6.85. The number of hydrogen-bond acceptors (Lipinski definition) is 7. The Balaban J connectivity index is 2.00. The van der Waals surface area contributed by atoms with Crippen molar-refractivity contribution in [2.24, 2.45) is 5.73 Å². The lowest BCUT2D eigenvalue weighted by Gasteiger charge is -2.22. The van der Waals surface area contributed by atoms with Crippen LogP contribution >= 0.6 is 0 Å². The van der Waals surface area contributed by atoms with Crippen molar-refractivity contribution >= 4 is 11.5 Å². The Bertz CT molecular complexity index is 542. The summed E-state index contributed by atoms with van der Waals surface area (Å²) in [6.07, 6.45) is 4.56. The Hall–Kier alpha value is -1.29. The predicted molar refractivity (Wildman–Crippen MR) is 91.9 cm³/mol. The van der Waals surface area contributed by atoms with Crippen molar-refractivity contribution in [1.82, 2.24) is 19.5 Å². The van der Waals surface area contributed by atoms with Crippen molar-refractivity contribution in [2.75, 3.05) is 20.6 Å². The molecule has 1 aromatic rings. The van der Waals surface area contributed by atoms with Gasteiger partial charge in [0.1, 0.15) is 12.3 Å². The molecule has 0 amide bonds. The third-order valence-electron chi connectivity index (χ3n) is 3.11. The van der Waals surface area contributed by atoms with Crippen LogP contribution in [-0.2, 0) is 18.1 Å². The summed E-state index contributed by atoms with van der Waals surface area (Å²) < 4.78 is 22.1. The molecule has 8 heteroatoms. The van der Waals surface area contributed by atoms with Crippen LogP contribution in [0.1, 0.15) is 18.9 Å². The number of nitrogens with two attached hydrogens (primary N) is 1. The van der Waals surface area contributed by atoms with Crippen molar-refractivity contribution in [3.63, 3.8) is 0 Å². The fourth-order valence-electron chi connectivity index (χ4n) is 2.19. The number of rotatable bonds is 7. The second kappa shape index (κ2) is 8.00. The summed E-state index contributed by atoms with van der Waals surface area (Å²) in [6.45, 7) is 3.07. The van der Waals surface area contributed by atoms with E-state index >= 15 is 0 Å². The van der Waals surface area contributed by atoms with Gasteiger partial charge >= 0.3 is 0 Å². The van der Waals surface area contributed by atoms with Crippen LogP contribution in [0.4, 0.5) is 0 Å². The maximum absolute atomic E-state index is 12.0. The van der Waals surface area contributed by atoms with E-state index in [1.807, 2.05) is 51.4 Å². The smallest absolute Gasteiger partial charge is 0.274 e. The lowest BCUT2D eigenvalue weighted by molar-refractivity contribution is 0.0605. The van der Waals surface area contributed by atoms with Gasteiger partial charge in [-0.25, -0.2) is 0 Å². The number of nitrogens with zero attached hydrogens (tertiary/aromatic N) is 2. The Labute approximate surface area is 140 Å². The van der Waals surface area contributed by atoms with Gasteiger partial charge in [-0.15, -0.1) is 0 Å². The Morgan fingerprint density at radius 3 is 3.04 bits per heavy atom. The molecule has 4 N–H and O–H groups in total. The topological polar surface area (TPSA) is 88.8 Å². The summed E-state index contributed by atoms with van der Waals surface area (Å²) in [5.41, 5.74) is 10.2. The van der Waals surface area contributed by atoms with E-state index in [-0.39, 0.29) is 6.54 Å². The van der Waals surface area contributed by atoms with Crippen molar-refractivity contribution in [2.45, 2.75) is 25.7 Å². The molecule has 2 rings (SSSR count). The van der Waals surface area contributed by atoms with Crippen LogP contribution in [0.15, 0.2) is 36.5 Å². The first-order valence-corrected chi connectivity index (χ1v) is 8.62. The van der Waals surface area contributed by atoms with E-state index in [1.54, 1.807) is 6.20 Å². The normalized spacial score (nSPS) is 25.4. The zero-order valence-electron chi connectivity index (χ0n) is 13.8. The first-order chi connectivity index (χ1) is 10.9. The van der Waals surface area contributed by atoms with Crippen molar-refractivity contribution in [3.8, 4) is 5.75 Å². The predicted octanol–water partition coefficient (Wildman–Crippen LogP) is 0.652. The molecule has 0 aliphatic carbocycles. The van der Waals surface area contributed by atoms with Gasteiger partial charge in [-0.2, -0.15) is 0 Å². The highest BCUT2D eigenvalue weighted by Crippen LogP contribution is 2.21. The quantitative estimate of drug-likeness (QED) is 0.496. The molecule has 0 radical (unpaired) electrons. The summed E-state index contributed by atoms with van der Waals surface area (Å²) in [5.74, 6) is -0.573. The highest BCUT2D eigenvalue weighted by atomic mass is 32.2. The number of nitrogens with one attached hydrogen (secondary N) is 2. The van der Waals surface area contributed by atoms with E-state index in [9.17, 15) is 4.55 Å². The average Bonchev–Trinajstić information content (AvgIpc) is 2.73. The van der Waals surface area contributed by atoms with Gasteiger partial charge in [0, 0.05) is 12.7 Å². The van der Waals surface area contributed by atoms with Gasteiger partial charge in [0.2, 0.25) is 0 Å². The zero-order valence-corrected chi connectivity index (χ0v) is 14.6. The first-order valence-electron chi connectivity index (χ1n) is 7.52. The largest absolute Gasteiger partial charge is 0.577 e. The van der Waals surface area contributed by atoms with E-state index in [0.29, 0.717) is 5.75 Å². The minimum Gasteiger partial charge on any atom is -0.577 e. The molecule has 1 saturated heterocycles. The number of allylic oxidation sites excluding steroid dienone is 1. The van der Waals surface area contributed by atoms with Crippen molar-refractivity contribution in [1.29, 1.82) is 0 Å². The van der Waals surface area contributed by atoms with Crippen LogP contribution in [0.5, 0.6) is 5.75 Å². The molecule has 2 unspecified atom stereocenters. The summed E-state index contributed by atoms with van der Waals surface area (Å²) in [4.78, 5) is 2.08. The van der Waals surface area contributed by atoms with Crippen LogP contribution in [0, 0.1) is 0 Å². The fourth-order valence-corrected chi connectivity index (χ4v) is 3.17. The van der Waals surface area contributed by atoms with Crippen LogP contribution in [-0.4, -0.2) is 40.4 Å². The molecule has 1 aliphatic heterocycles. The molecular formula is C15H25N5O2S. The van der Waals surface area contributed by atoms with Crippen LogP contribution in [0.2, 0.25) is 0 Å². The molecule has 0 aromatic heterocycles. The molecule has 1 fully saturated rings. The summed E-state index contributed by atoms with van der Waals surface area (Å²) in [5, 5.41) is 0. The standard InChI is InChI=1S/C15H25N5O2S/c1-4-5-9-17-20-12-15(16,18-23(20)21)22-14-8-6-7-13(10-14)11-19(2)3/h5-10,17-18H,4,11-12,16H2,1-3H3. The molecule has 1 aliphatic rings. The SMILES string of the molecule is CCC=CNN1CC(N)(Oc2cccc(CN(C)C)c2)N[S+]1[O-]. The Morgan fingerprint density at radius 2 is 2.35 bits per heavy atom. The Kier molecular flexibility index (Phi) is 6.28. The zero-order chi connectivity index (χ0) is 16.9. The summed E-state index contributed by atoms with van der Waals surface area (Å²) >= 11 is -1.46. The van der Waals surface area contributed by atoms with E-state index in [1.165, 1.54) is 4.41 Å². The molecule has 7 nitrogen and oxygen atoms in total. The van der Waals surface area contributed by atoms with Crippen LogP contribution in [0.25, 0.3) is 0 Å². The minimum atomic E-state index is -1.46. The average molecular weight is 339 g/mol. The number of hydrogen-bond donors (Lipinski definition) is 3. The lowest BCUT2D eigenvalue weighted by Crippen LogP contribution is -2.57. The number of hydrazine groups is 1. The van der Waals surface area contributed by atoms with Crippen LogP contribution < -0.4 is 20.6 Å². The number of ether oxygens (including phenoxy) is 1. The van der Waals surface area contributed by atoms with Gasteiger partial charge in [0.05, 0.1) is 0 Å². The van der Waals surface area contributed by atoms with Gasteiger partial charge < -0.3 is 14.2 Å². The molecule has 0 bridgehead atoms. The van der Waals surface area contributed by atoms with Crippen molar-refractivity contribution in [3.05, 3.63) is 42.1 Å². The van der Waals surface area contributed by atoms with Gasteiger partial charge in [-0.05, 0) is 42.6 Å². The molecule has 2 atom stereocenters. The molecular weight excluding hydrogens is 314 g/mol. The fraction of sp³-hybridized carbons (Fsp3) is 0.467. The van der Waals surface area contributed by atoms with E-state index < -0.39 is 17.4 Å². The first kappa shape index (κ1) is 18.1. The molecule has 0 saturated carbocycles. The monoisotopic (exact) mass is 339 g/mol. The lowest BCUT2D eigenvalue weighted by atomic mass is 10.2.